The molecule has 2 aromatic rings. The molecule has 1 aromatic carbocycles. The van der Waals surface area contributed by atoms with Gasteiger partial charge in [0.25, 0.3) is 0 Å². The van der Waals surface area contributed by atoms with Crippen LogP contribution in [0.25, 0.3) is 10.6 Å². The van der Waals surface area contributed by atoms with Gasteiger partial charge in [0.1, 0.15) is 22.3 Å². The van der Waals surface area contributed by atoms with Crippen LogP contribution in [0.4, 0.5) is 0 Å². The maximum absolute atomic E-state index is 5.40. The van der Waals surface area contributed by atoms with Gasteiger partial charge in [-0.15, -0.1) is 11.3 Å². The van der Waals surface area contributed by atoms with Crippen LogP contribution in [0.2, 0.25) is 0 Å². The fraction of sp³-hybridized carbons (Fsp3) is 0.308. The number of aryl methyl sites for hydroxylation is 1. The number of nitrogens with zero attached hydrogens (tertiary/aromatic N) is 1. The van der Waals surface area contributed by atoms with Gasteiger partial charge in [-0.2, -0.15) is 0 Å². The van der Waals surface area contributed by atoms with Gasteiger partial charge in [-0.1, -0.05) is 0 Å². The SMILES string of the molecule is COc1cc(OC)c(-c2nc(C)cs2)c(OC)c1. The molecule has 5 heteroatoms. The summed E-state index contributed by atoms with van der Waals surface area (Å²) in [6.45, 7) is 1.96. The number of hydrogen-bond acceptors (Lipinski definition) is 5. The number of hydrogen-bond donors (Lipinski definition) is 0. The Morgan fingerprint density at radius 2 is 1.61 bits per heavy atom. The van der Waals surface area contributed by atoms with Crippen molar-refractivity contribution in [2.75, 3.05) is 21.3 Å². The molecule has 0 unspecified atom stereocenters. The van der Waals surface area contributed by atoms with Gasteiger partial charge in [0, 0.05) is 23.2 Å². The normalized spacial score (nSPS) is 10.2. The molecule has 0 atom stereocenters. The lowest BCUT2D eigenvalue weighted by Crippen LogP contribution is -1.95. The average Bonchev–Trinajstić information content (AvgIpc) is 2.83. The Labute approximate surface area is 110 Å². The van der Waals surface area contributed by atoms with Gasteiger partial charge in [-0.3, -0.25) is 0 Å². The van der Waals surface area contributed by atoms with Crippen LogP contribution in [-0.4, -0.2) is 26.3 Å². The molecule has 0 bridgehead atoms. The van der Waals surface area contributed by atoms with Crippen LogP contribution in [0.1, 0.15) is 5.69 Å². The number of methoxy groups -OCH3 is 3. The van der Waals surface area contributed by atoms with E-state index in [0.29, 0.717) is 17.2 Å². The van der Waals surface area contributed by atoms with E-state index >= 15 is 0 Å². The molecule has 4 nitrogen and oxygen atoms in total. The Hall–Kier alpha value is -1.75. The van der Waals surface area contributed by atoms with Crippen molar-refractivity contribution in [1.82, 2.24) is 4.98 Å². The summed E-state index contributed by atoms with van der Waals surface area (Å²) in [7, 11) is 4.86. The van der Waals surface area contributed by atoms with Crippen molar-refractivity contribution in [3.05, 3.63) is 23.2 Å². The van der Waals surface area contributed by atoms with Crippen LogP contribution >= 0.6 is 11.3 Å². The van der Waals surface area contributed by atoms with E-state index in [2.05, 4.69) is 4.98 Å². The van der Waals surface area contributed by atoms with Crippen LogP contribution < -0.4 is 14.2 Å². The molecule has 96 valence electrons. The first-order valence-electron chi connectivity index (χ1n) is 5.42. The van der Waals surface area contributed by atoms with E-state index in [1.165, 1.54) is 0 Å². The lowest BCUT2D eigenvalue weighted by Gasteiger charge is -2.13. The van der Waals surface area contributed by atoms with E-state index in [0.717, 1.165) is 16.3 Å². The van der Waals surface area contributed by atoms with Crippen molar-refractivity contribution in [3.63, 3.8) is 0 Å². The molecule has 2 rings (SSSR count). The summed E-state index contributed by atoms with van der Waals surface area (Å²) in [5.41, 5.74) is 1.84. The maximum atomic E-state index is 5.40. The van der Waals surface area contributed by atoms with Crippen molar-refractivity contribution in [1.29, 1.82) is 0 Å². The van der Waals surface area contributed by atoms with Crippen LogP contribution in [0.3, 0.4) is 0 Å². The summed E-state index contributed by atoms with van der Waals surface area (Å²) in [6.07, 6.45) is 0. The summed E-state index contributed by atoms with van der Waals surface area (Å²) in [4.78, 5) is 4.47. The molecule has 0 saturated carbocycles. The maximum Gasteiger partial charge on any atom is 0.136 e. The van der Waals surface area contributed by atoms with E-state index in [4.69, 9.17) is 14.2 Å². The molecule has 0 aliphatic rings. The smallest absolute Gasteiger partial charge is 0.136 e. The Kier molecular flexibility index (Phi) is 3.72. The van der Waals surface area contributed by atoms with Crippen LogP contribution in [0.15, 0.2) is 17.5 Å². The second kappa shape index (κ2) is 5.27. The Bertz CT molecular complexity index is 526. The highest BCUT2D eigenvalue weighted by atomic mass is 32.1. The molecular weight excluding hydrogens is 250 g/mol. The molecule has 0 fully saturated rings. The largest absolute Gasteiger partial charge is 0.496 e. The zero-order valence-corrected chi connectivity index (χ0v) is 11.6. The monoisotopic (exact) mass is 265 g/mol. The number of aromatic nitrogens is 1. The van der Waals surface area contributed by atoms with E-state index in [1.54, 1.807) is 32.7 Å². The number of ether oxygens (including phenoxy) is 3. The van der Waals surface area contributed by atoms with Gasteiger partial charge in [-0.25, -0.2) is 4.98 Å². The van der Waals surface area contributed by atoms with Crippen molar-refractivity contribution < 1.29 is 14.2 Å². The molecule has 0 N–H and O–H groups in total. The molecule has 18 heavy (non-hydrogen) atoms. The first-order chi connectivity index (χ1) is 8.69. The van der Waals surface area contributed by atoms with E-state index in [9.17, 15) is 0 Å². The fourth-order valence-electron chi connectivity index (χ4n) is 1.69. The first-order valence-corrected chi connectivity index (χ1v) is 6.30. The minimum Gasteiger partial charge on any atom is -0.496 e. The first kappa shape index (κ1) is 12.7. The highest BCUT2D eigenvalue weighted by Gasteiger charge is 2.17. The van der Waals surface area contributed by atoms with Gasteiger partial charge >= 0.3 is 0 Å². The molecule has 0 amide bonds. The predicted octanol–water partition coefficient (Wildman–Crippen LogP) is 3.14. The van der Waals surface area contributed by atoms with Crippen LogP contribution in [0.5, 0.6) is 17.2 Å². The van der Waals surface area contributed by atoms with Crippen molar-refractivity contribution in [2.45, 2.75) is 6.92 Å². The van der Waals surface area contributed by atoms with E-state index in [1.807, 2.05) is 24.4 Å². The van der Waals surface area contributed by atoms with E-state index < -0.39 is 0 Å². The quantitative estimate of drug-likeness (QED) is 0.851. The van der Waals surface area contributed by atoms with Crippen molar-refractivity contribution in [2.24, 2.45) is 0 Å². The number of benzene rings is 1. The van der Waals surface area contributed by atoms with Crippen molar-refractivity contribution in [3.8, 4) is 27.8 Å². The topological polar surface area (TPSA) is 40.6 Å². The number of thiazole rings is 1. The molecule has 1 heterocycles. The van der Waals surface area contributed by atoms with Crippen LogP contribution in [-0.2, 0) is 0 Å². The highest BCUT2D eigenvalue weighted by Crippen LogP contribution is 2.42. The van der Waals surface area contributed by atoms with Gasteiger partial charge in [-0.05, 0) is 6.92 Å². The van der Waals surface area contributed by atoms with Gasteiger partial charge in [0.2, 0.25) is 0 Å². The summed E-state index contributed by atoms with van der Waals surface area (Å²) in [5, 5.41) is 2.88. The minimum absolute atomic E-state index is 0.695. The molecule has 0 aliphatic carbocycles. The fourth-order valence-corrected chi connectivity index (χ4v) is 2.54. The zero-order valence-electron chi connectivity index (χ0n) is 10.8. The molecular formula is C13H15NO3S. The van der Waals surface area contributed by atoms with Crippen molar-refractivity contribution >= 4 is 11.3 Å². The standard InChI is InChI=1S/C13H15NO3S/c1-8-7-18-13(14-8)12-10(16-3)5-9(15-2)6-11(12)17-4/h5-7H,1-4H3. The number of rotatable bonds is 4. The lowest BCUT2D eigenvalue weighted by atomic mass is 10.1. The predicted molar refractivity (Wildman–Crippen MR) is 71.9 cm³/mol. The zero-order chi connectivity index (χ0) is 13.1. The van der Waals surface area contributed by atoms with Gasteiger partial charge in [0.05, 0.1) is 26.9 Å². The Morgan fingerprint density at radius 3 is 2.00 bits per heavy atom. The second-order valence-electron chi connectivity index (χ2n) is 3.70. The molecule has 0 aliphatic heterocycles. The lowest BCUT2D eigenvalue weighted by molar-refractivity contribution is 0.377. The molecule has 0 radical (unpaired) electrons. The Balaban J connectivity index is 2.63. The second-order valence-corrected chi connectivity index (χ2v) is 4.56. The average molecular weight is 265 g/mol. The summed E-state index contributed by atoms with van der Waals surface area (Å²) in [5.74, 6) is 2.09. The van der Waals surface area contributed by atoms with Gasteiger partial charge in [0.15, 0.2) is 0 Å². The third-order valence-electron chi connectivity index (χ3n) is 2.55. The third kappa shape index (κ3) is 2.26. The molecule has 0 spiro atoms. The third-order valence-corrected chi connectivity index (χ3v) is 3.53. The molecule has 1 aromatic heterocycles. The summed E-state index contributed by atoms with van der Waals surface area (Å²) in [6, 6.07) is 3.66. The summed E-state index contributed by atoms with van der Waals surface area (Å²) < 4.78 is 16.0. The highest BCUT2D eigenvalue weighted by molar-refractivity contribution is 7.13. The summed E-state index contributed by atoms with van der Waals surface area (Å²) >= 11 is 1.56. The Morgan fingerprint density at radius 1 is 1.00 bits per heavy atom. The van der Waals surface area contributed by atoms with Gasteiger partial charge < -0.3 is 14.2 Å². The van der Waals surface area contributed by atoms with Crippen LogP contribution in [0, 0.1) is 6.92 Å². The molecule has 0 saturated heterocycles. The minimum atomic E-state index is 0.695. The van der Waals surface area contributed by atoms with E-state index in [-0.39, 0.29) is 0 Å².